The summed E-state index contributed by atoms with van der Waals surface area (Å²) in [6.07, 6.45) is 7.95. The third-order valence-corrected chi connectivity index (χ3v) is 5.28. The molecule has 7 heteroatoms. The van der Waals surface area contributed by atoms with Gasteiger partial charge >= 0.3 is 0 Å². The number of hydrogen-bond donors (Lipinski definition) is 1. The van der Waals surface area contributed by atoms with Crippen LogP contribution in [0.25, 0.3) is 10.9 Å². The molecular weight excluding hydrogens is 390 g/mol. The molecular formula is C22H22ClN3O3. The second kappa shape index (κ2) is 8.57. The minimum atomic E-state index is 0.246. The molecule has 4 rings (SSSR count). The molecule has 29 heavy (non-hydrogen) atoms. The average Bonchev–Trinajstić information content (AvgIpc) is 3.23. The highest BCUT2D eigenvalue weighted by molar-refractivity contribution is 6.31. The van der Waals surface area contributed by atoms with E-state index in [1.807, 2.05) is 18.2 Å². The Labute approximate surface area is 174 Å². The highest BCUT2D eigenvalue weighted by Gasteiger charge is 2.18. The molecule has 1 heterocycles. The lowest BCUT2D eigenvalue weighted by Crippen LogP contribution is -2.26. The first-order valence-corrected chi connectivity index (χ1v) is 9.97. The quantitative estimate of drug-likeness (QED) is 0.271. The van der Waals surface area contributed by atoms with E-state index in [4.69, 9.17) is 21.1 Å². The van der Waals surface area contributed by atoms with Crippen molar-refractivity contribution in [2.24, 2.45) is 5.10 Å². The van der Waals surface area contributed by atoms with Crippen LogP contribution in [0.15, 0.2) is 53.8 Å². The Morgan fingerprint density at radius 3 is 2.76 bits per heavy atom. The number of benzene rings is 2. The second-order valence-corrected chi connectivity index (χ2v) is 7.46. The Bertz CT molecular complexity index is 1050. The van der Waals surface area contributed by atoms with E-state index < -0.39 is 0 Å². The Balaban J connectivity index is 1.54. The minimum absolute atomic E-state index is 0.246. The van der Waals surface area contributed by atoms with Gasteiger partial charge in [-0.2, -0.15) is 9.83 Å². The van der Waals surface area contributed by atoms with Crippen LogP contribution in [0.2, 0.25) is 5.02 Å². The van der Waals surface area contributed by atoms with E-state index in [1.54, 1.807) is 37.6 Å². The number of anilines is 1. The van der Waals surface area contributed by atoms with Crippen molar-refractivity contribution in [3.05, 3.63) is 64.5 Å². The van der Waals surface area contributed by atoms with Crippen LogP contribution < -0.4 is 19.6 Å². The monoisotopic (exact) mass is 411 g/mol. The maximum Gasteiger partial charge on any atom is 0.227 e. The molecule has 3 aromatic rings. The number of hydrogen-bond acceptors (Lipinski definition) is 5. The maximum atomic E-state index is 12.0. The molecule has 0 bridgehead atoms. The summed E-state index contributed by atoms with van der Waals surface area (Å²) in [5, 5.41) is 17.6. The minimum Gasteiger partial charge on any atom is -0.618 e. The van der Waals surface area contributed by atoms with Gasteiger partial charge in [-0.05, 0) is 61.6 Å². The first-order chi connectivity index (χ1) is 14.1. The summed E-state index contributed by atoms with van der Waals surface area (Å²) in [6.45, 7) is 0. The van der Waals surface area contributed by atoms with Crippen molar-refractivity contribution < 1.29 is 14.2 Å². The largest absolute Gasteiger partial charge is 0.618 e. The Morgan fingerprint density at radius 2 is 1.97 bits per heavy atom. The first-order valence-electron chi connectivity index (χ1n) is 9.59. The number of fused-ring (bicyclic) bond motifs is 1. The van der Waals surface area contributed by atoms with Crippen LogP contribution in [0, 0.1) is 5.21 Å². The number of ether oxygens (including phenoxy) is 2. The van der Waals surface area contributed by atoms with Crippen molar-refractivity contribution in [3.8, 4) is 11.5 Å². The van der Waals surface area contributed by atoms with Crippen molar-refractivity contribution in [1.82, 2.24) is 0 Å². The van der Waals surface area contributed by atoms with Crippen molar-refractivity contribution in [2.75, 3.05) is 12.5 Å². The van der Waals surface area contributed by atoms with Gasteiger partial charge in [-0.25, -0.2) is 0 Å². The fraction of sp³-hybridized carbons (Fsp3) is 0.273. The number of nitrogens with one attached hydrogen (secondary N) is 1. The van der Waals surface area contributed by atoms with Gasteiger partial charge in [-0.3, -0.25) is 5.43 Å². The van der Waals surface area contributed by atoms with Gasteiger partial charge in [0, 0.05) is 17.2 Å². The predicted molar refractivity (Wildman–Crippen MR) is 115 cm³/mol. The van der Waals surface area contributed by atoms with Gasteiger partial charge in [-0.15, -0.1) is 0 Å². The van der Waals surface area contributed by atoms with Crippen LogP contribution in [0.4, 0.5) is 5.69 Å². The SMILES string of the molecule is COc1ccc(C=NNc2cc[n+]([O-])c3cc(Cl)ccc23)cc1OC1CCCC1. The molecule has 1 aliphatic carbocycles. The zero-order valence-corrected chi connectivity index (χ0v) is 16.9. The van der Waals surface area contributed by atoms with Crippen LogP contribution in [-0.4, -0.2) is 19.4 Å². The molecule has 0 aliphatic heterocycles. The number of halogens is 1. The van der Waals surface area contributed by atoms with Crippen LogP contribution in [0.1, 0.15) is 31.2 Å². The smallest absolute Gasteiger partial charge is 0.227 e. The third kappa shape index (κ3) is 4.38. The summed E-state index contributed by atoms with van der Waals surface area (Å²) in [5.74, 6) is 1.45. The van der Waals surface area contributed by atoms with Gasteiger partial charge in [0.25, 0.3) is 0 Å². The fourth-order valence-electron chi connectivity index (χ4n) is 3.55. The summed E-state index contributed by atoms with van der Waals surface area (Å²) in [6, 6.07) is 12.6. The Hall–Kier alpha value is -2.99. The van der Waals surface area contributed by atoms with E-state index in [9.17, 15) is 5.21 Å². The number of rotatable bonds is 6. The van der Waals surface area contributed by atoms with Gasteiger partial charge in [0.1, 0.15) is 0 Å². The molecule has 6 nitrogen and oxygen atoms in total. The second-order valence-electron chi connectivity index (χ2n) is 7.02. The maximum absolute atomic E-state index is 12.0. The van der Waals surface area contributed by atoms with Gasteiger partial charge < -0.3 is 14.7 Å². The first kappa shape index (κ1) is 19.3. The summed E-state index contributed by atoms with van der Waals surface area (Å²) < 4.78 is 12.3. The number of pyridine rings is 1. The van der Waals surface area contributed by atoms with Crippen molar-refractivity contribution in [3.63, 3.8) is 0 Å². The van der Waals surface area contributed by atoms with E-state index in [-0.39, 0.29) is 6.10 Å². The van der Waals surface area contributed by atoms with Crippen LogP contribution in [0.5, 0.6) is 11.5 Å². The topological polar surface area (TPSA) is 69.8 Å². The highest BCUT2D eigenvalue weighted by atomic mass is 35.5. The van der Waals surface area contributed by atoms with Crippen LogP contribution in [0.3, 0.4) is 0 Å². The predicted octanol–water partition coefficient (Wildman–Crippen LogP) is 4.90. The molecule has 0 saturated heterocycles. The third-order valence-electron chi connectivity index (χ3n) is 5.05. The van der Waals surface area contributed by atoms with E-state index in [0.717, 1.165) is 40.0 Å². The number of aromatic nitrogens is 1. The van der Waals surface area contributed by atoms with E-state index in [2.05, 4.69) is 10.5 Å². The normalized spacial score (nSPS) is 14.6. The molecule has 1 fully saturated rings. The molecule has 1 aliphatic rings. The van der Waals surface area contributed by atoms with Gasteiger partial charge in [-0.1, -0.05) is 11.6 Å². The van der Waals surface area contributed by atoms with Crippen LogP contribution >= 0.6 is 11.6 Å². The molecule has 2 aromatic carbocycles. The fourth-order valence-corrected chi connectivity index (χ4v) is 3.72. The lowest BCUT2D eigenvalue weighted by molar-refractivity contribution is -0.576. The van der Waals surface area contributed by atoms with E-state index in [1.165, 1.54) is 19.0 Å². The molecule has 1 saturated carbocycles. The van der Waals surface area contributed by atoms with E-state index >= 15 is 0 Å². The van der Waals surface area contributed by atoms with E-state index in [0.29, 0.717) is 16.3 Å². The van der Waals surface area contributed by atoms with Crippen molar-refractivity contribution in [2.45, 2.75) is 31.8 Å². The summed E-state index contributed by atoms with van der Waals surface area (Å²) in [5.41, 5.74) is 5.09. The molecule has 1 aromatic heterocycles. The zero-order valence-electron chi connectivity index (χ0n) is 16.1. The highest BCUT2D eigenvalue weighted by Crippen LogP contribution is 2.32. The van der Waals surface area contributed by atoms with Crippen molar-refractivity contribution >= 4 is 34.4 Å². The molecule has 0 atom stereocenters. The lowest BCUT2D eigenvalue weighted by atomic mass is 10.2. The average molecular weight is 412 g/mol. The summed E-state index contributed by atoms with van der Waals surface area (Å²) in [7, 11) is 1.64. The standard InChI is InChI=1S/C22H22ClN3O3/c1-28-21-9-6-15(12-22(21)29-17-4-2-3-5-17)14-24-25-19-10-11-26(27)20-13-16(23)7-8-18(19)20/h6-14,17,25H,2-5H2,1H3. The molecule has 150 valence electrons. The molecule has 0 spiro atoms. The zero-order chi connectivity index (χ0) is 20.2. The number of hydrazone groups is 1. The summed E-state index contributed by atoms with van der Waals surface area (Å²) >= 11 is 6.00. The molecule has 0 unspecified atom stereocenters. The van der Waals surface area contributed by atoms with Crippen molar-refractivity contribution in [1.29, 1.82) is 0 Å². The van der Waals surface area contributed by atoms with Crippen LogP contribution in [-0.2, 0) is 0 Å². The van der Waals surface area contributed by atoms with Gasteiger partial charge in [0.15, 0.2) is 17.7 Å². The molecule has 0 radical (unpaired) electrons. The lowest BCUT2D eigenvalue weighted by Gasteiger charge is -2.16. The molecule has 0 amide bonds. The molecule has 1 N–H and O–H groups in total. The Morgan fingerprint density at radius 1 is 1.14 bits per heavy atom. The van der Waals surface area contributed by atoms with Gasteiger partial charge in [0.05, 0.1) is 30.5 Å². The summed E-state index contributed by atoms with van der Waals surface area (Å²) in [4.78, 5) is 0. The number of nitrogens with zero attached hydrogens (tertiary/aromatic N) is 2. The Kier molecular flexibility index (Phi) is 5.71. The number of methoxy groups -OCH3 is 1. The van der Waals surface area contributed by atoms with Gasteiger partial charge in [0.2, 0.25) is 5.52 Å².